The predicted octanol–water partition coefficient (Wildman–Crippen LogP) is 0.701. The molecule has 0 fully saturated rings. The largest absolute Gasteiger partial charge is 0.493 e. The molecule has 3 amide bonds. The first-order valence-electron chi connectivity index (χ1n) is 8.84. The summed E-state index contributed by atoms with van der Waals surface area (Å²) in [7, 11) is 1.37. The molecule has 30 heavy (non-hydrogen) atoms. The van der Waals surface area contributed by atoms with E-state index in [2.05, 4.69) is 5.32 Å². The van der Waals surface area contributed by atoms with Crippen LogP contribution in [0.2, 0.25) is 0 Å². The molecule has 3 N–H and O–H groups in total. The smallest absolute Gasteiger partial charge is 0.338 e. The van der Waals surface area contributed by atoms with Crippen molar-refractivity contribution in [3.63, 3.8) is 0 Å². The number of nitrogens with one attached hydrogen (secondary N) is 1. The van der Waals surface area contributed by atoms with E-state index >= 15 is 0 Å². The standard InChI is InChI=1S/C20H19N3O7/c1-28-16-8-12(6-7-15(16)29-10-17(21)24)20(27)30-11-19(26)23-9-18(25)22-13-4-2-3-5-14(13)23/h2-8H,9-11H2,1H3,(H2,21,24)(H,22,25). The SMILES string of the molecule is COc1cc(C(=O)OCC(=O)N2CC(=O)Nc3ccccc32)ccc1OCC(N)=O. The Morgan fingerprint density at radius 1 is 1.10 bits per heavy atom. The molecule has 0 saturated heterocycles. The second kappa shape index (κ2) is 8.95. The van der Waals surface area contributed by atoms with Crippen molar-refractivity contribution >= 4 is 35.1 Å². The second-order valence-corrected chi connectivity index (χ2v) is 6.24. The Hall–Kier alpha value is -4.08. The number of methoxy groups -OCH3 is 1. The maximum Gasteiger partial charge on any atom is 0.338 e. The molecule has 0 atom stereocenters. The third kappa shape index (κ3) is 4.66. The van der Waals surface area contributed by atoms with Crippen LogP contribution in [0.3, 0.4) is 0 Å². The number of rotatable bonds is 7. The lowest BCUT2D eigenvalue weighted by Crippen LogP contribution is -2.44. The number of nitrogens with two attached hydrogens (primary N) is 1. The quantitative estimate of drug-likeness (QED) is 0.638. The van der Waals surface area contributed by atoms with Crippen LogP contribution in [0.15, 0.2) is 42.5 Å². The molecule has 156 valence electrons. The van der Waals surface area contributed by atoms with Crippen LogP contribution < -0.4 is 25.4 Å². The number of hydrogen-bond acceptors (Lipinski definition) is 7. The number of nitrogens with zero attached hydrogens (tertiary/aromatic N) is 1. The van der Waals surface area contributed by atoms with Crippen molar-refractivity contribution in [1.29, 1.82) is 0 Å². The van der Waals surface area contributed by atoms with Crippen molar-refractivity contribution in [2.45, 2.75) is 0 Å². The Kier molecular flexibility index (Phi) is 6.16. The number of anilines is 2. The summed E-state index contributed by atoms with van der Waals surface area (Å²) in [4.78, 5) is 48.8. The number of para-hydroxylation sites is 2. The summed E-state index contributed by atoms with van der Waals surface area (Å²) in [5.74, 6) is -1.90. The monoisotopic (exact) mass is 413 g/mol. The van der Waals surface area contributed by atoms with Gasteiger partial charge in [0.15, 0.2) is 24.7 Å². The number of hydrogen-bond donors (Lipinski definition) is 2. The Balaban J connectivity index is 1.66. The first-order chi connectivity index (χ1) is 14.4. The lowest BCUT2D eigenvalue weighted by Gasteiger charge is -2.28. The summed E-state index contributed by atoms with van der Waals surface area (Å²) in [6, 6.07) is 11.0. The van der Waals surface area contributed by atoms with Gasteiger partial charge in [-0.25, -0.2) is 4.79 Å². The number of fused-ring (bicyclic) bond motifs is 1. The van der Waals surface area contributed by atoms with Crippen LogP contribution in [0, 0.1) is 0 Å². The van der Waals surface area contributed by atoms with Crippen LogP contribution >= 0.6 is 0 Å². The van der Waals surface area contributed by atoms with Crippen LogP contribution in [-0.4, -0.2) is 50.6 Å². The molecule has 0 radical (unpaired) electrons. The van der Waals surface area contributed by atoms with Gasteiger partial charge >= 0.3 is 5.97 Å². The van der Waals surface area contributed by atoms with E-state index in [1.54, 1.807) is 24.3 Å². The highest BCUT2D eigenvalue weighted by Crippen LogP contribution is 2.30. The van der Waals surface area contributed by atoms with Gasteiger partial charge in [0.2, 0.25) is 5.91 Å². The summed E-state index contributed by atoms with van der Waals surface area (Å²) in [6.45, 7) is -1.07. The van der Waals surface area contributed by atoms with Crippen molar-refractivity contribution in [2.24, 2.45) is 5.73 Å². The number of esters is 1. The van der Waals surface area contributed by atoms with E-state index in [-0.39, 0.29) is 36.1 Å². The minimum atomic E-state index is -0.766. The molecular weight excluding hydrogens is 394 g/mol. The molecule has 2 aromatic rings. The summed E-state index contributed by atoms with van der Waals surface area (Å²) < 4.78 is 15.4. The molecule has 0 aliphatic carbocycles. The van der Waals surface area contributed by atoms with Crippen molar-refractivity contribution in [3.05, 3.63) is 48.0 Å². The molecule has 10 heteroatoms. The first-order valence-corrected chi connectivity index (χ1v) is 8.84. The average molecular weight is 413 g/mol. The first kappa shape index (κ1) is 20.6. The van der Waals surface area contributed by atoms with Crippen LogP contribution in [0.25, 0.3) is 0 Å². The zero-order valence-electron chi connectivity index (χ0n) is 16.0. The fourth-order valence-corrected chi connectivity index (χ4v) is 2.81. The van der Waals surface area contributed by atoms with Crippen molar-refractivity contribution in [2.75, 3.05) is 37.1 Å². The number of amides is 3. The molecule has 10 nitrogen and oxygen atoms in total. The molecule has 1 heterocycles. The van der Waals surface area contributed by atoms with Gasteiger partial charge in [0.1, 0.15) is 6.54 Å². The molecule has 3 rings (SSSR count). The highest BCUT2D eigenvalue weighted by atomic mass is 16.5. The van der Waals surface area contributed by atoms with Gasteiger partial charge in [-0.05, 0) is 30.3 Å². The molecule has 0 unspecified atom stereocenters. The van der Waals surface area contributed by atoms with E-state index in [0.29, 0.717) is 11.4 Å². The summed E-state index contributed by atoms with van der Waals surface area (Å²) in [5.41, 5.74) is 6.18. The molecule has 1 aliphatic rings. The normalized spacial score (nSPS) is 12.4. The number of carbonyl (C=O) groups excluding carboxylic acids is 4. The fraction of sp³-hybridized carbons (Fsp3) is 0.200. The number of ether oxygens (including phenoxy) is 3. The van der Waals surface area contributed by atoms with E-state index in [4.69, 9.17) is 19.9 Å². The van der Waals surface area contributed by atoms with E-state index in [1.807, 2.05) is 0 Å². The Morgan fingerprint density at radius 3 is 2.60 bits per heavy atom. The second-order valence-electron chi connectivity index (χ2n) is 6.24. The number of benzene rings is 2. The minimum Gasteiger partial charge on any atom is -0.493 e. The Morgan fingerprint density at radius 2 is 1.87 bits per heavy atom. The van der Waals surface area contributed by atoms with Gasteiger partial charge in [0.05, 0.1) is 24.0 Å². The molecule has 0 bridgehead atoms. The van der Waals surface area contributed by atoms with Crippen molar-refractivity contribution in [1.82, 2.24) is 0 Å². The molecule has 0 saturated carbocycles. The summed E-state index contributed by atoms with van der Waals surface area (Å²) in [5, 5.41) is 2.68. The van der Waals surface area contributed by atoms with Crippen molar-refractivity contribution < 1.29 is 33.4 Å². The summed E-state index contributed by atoms with van der Waals surface area (Å²) in [6.07, 6.45) is 0. The van der Waals surface area contributed by atoms with Crippen LogP contribution in [0.5, 0.6) is 11.5 Å². The fourth-order valence-electron chi connectivity index (χ4n) is 2.81. The zero-order valence-corrected chi connectivity index (χ0v) is 16.0. The van der Waals surface area contributed by atoms with Gasteiger partial charge in [-0.15, -0.1) is 0 Å². The highest BCUT2D eigenvalue weighted by Gasteiger charge is 2.27. The lowest BCUT2D eigenvalue weighted by molar-refractivity contribution is -0.124. The maximum atomic E-state index is 12.5. The third-order valence-electron chi connectivity index (χ3n) is 4.17. The van der Waals surface area contributed by atoms with Gasteiger partial charge in [-0.2, -0.15) is 0 Å². The highest BCUT2D eigenvalue weighted by molar-refractivity contribution is 6.10. The number of carbonyl (C=O) groups is 4. The van der Waals surface area contributed by atoms with Crippen LogP contribution in [0.4, 0.5) is 11.4 Å². The Bertz CT molecular complexity index is 1010. The summed E-state index contributed by atoms with van der Waals surface area (Å²) >= 11 is 0. The number of primary amides is 1. The molecule has 0 aromatic heterocycles. The van der Waals surface area contributed by atoms with Gasteiger partial charge in [-0.1, -0.05) is 12.1 Å². The third-order valence-corrected chi connectivity index (χ3v) is 4.17. The average Bonchev–Trinajstić information content (AvgIpc) is 2.74. The van der Waals surface area contributed by atoms with Crippen LogP contribution in [-0.2, 0) is 19.1 Å². The molecular formula is C20H19N3O7. The van der Waals surface area contributed by atoms with Crippen LogP contribution in [0.1, 0.15) is 10.4 Å². The minimum absolute atomic E-state index is 0.114. The van der Waals surface area contributed by atoms with E-state index in [0.717, 1.165) is 0 Å². The molecule has 0 spiro atoms. The lowest BCUT2D eigenvalue weighted by atomic mass is 10.2. The van der Waals surface area contributed by atoms with E-state index in [1.165, 1.54) is 30.2 Å². The predicted molar refractivity (Wildman–Crippen MR) is 105 cm³/mol. The Labute approximate surface area is 171 Å². The van der Waals surface area contributed by atoms with E-state index in [9.17, 15) is 19.2 Å². The topological polar surface area (TPSA) is 137 Å². The van der Waals surface area contributed by atoms with Gasteiger partial charge in [-0.3, -0.25) is 19.3 Å². The van der Waals surface area contributed by atoms with Gasteiger partial charge in [0, 0.05) is 0 Å². The maximum absolute atomic E-state index is 12.5. The molecule has 2 aromatic carbocycles. The van der Waals surface area contributed by atoms with Gasteiger partial charge < -0.3 is 25.3 Å². The molecule has 1 aliphatic heterocycles. The van der Waals surface area contributed by atoms with Crippen molar-refractivity contribution in [3.8, 4) is 11.5 Å². The van der Waals surface area contributed by atoms with E-state index < -0.39 is 24.4 Å². The zero-order chi connectivity index (χ0) is 21.7. The van der Waals surface area contributed by atoms with Gasteiger partial charge in [0.25, 0.3) is 11.8 Å².